The number of nitrogens with zero attached hydrogens (tertiary/aromatic N) is 3. The Morgan fingerprint density at radius 2 is 1.77 bits per heavy atom. The Hall–Kier alpha value is -2.55. The van der Waals surface area contributed by atoms with Crippen LogP contribution in [-0.4, -0.2) is 17.7 Å². The number of anilines is 3. The molecule has 0 unspecified atom stereocenters. The Labute approximate surface area is 130 Å². The molecule has 4 rings (SSSR count). The summed E-state index contributed by atoms with van der Waals surface area (Å²) in [5, 5.41) is 2.54. The molecule has 1 aromatic heterocycles. The van der Waals surface area contributed by atoms with Gasteiger partial charge in [-0.3, -0.25) is 0 Å². The van der Waals surface area contributed by atoms with Crippen LogP contribution in [0, 0.1) is 0 Å². The zero-order chi connectivity index (χ0) is 15.1. The molecule has 3 nitrogen and oxygen atoms in total. The maximum absolute atomic E-state index is 4.61. The average molecular weight is 289 g/mol. The molecule has 0 N–H and O–H groups in total. The van der Waals surface area contributed by atoms with E-state index in [0.717, 1.165) is 12.5 Å². The van der Waals surface area contributed by atoms with Crippen LogP contribution in [0.4, 0.5) is 17.2 Å². The predicted octanol–water partition coefficient (Wildman–Crippen LogP) is 4.56. The van der Waals surface area contributed by atoms with Gasteiger partial charge in [0, 0.05) is 17.9 Å². The average Bonchev–Trinajstić information content (AvgIpc) is 2.94. The summed E-state index contributed by atoms with van der Waals surface area (Å²) in [7, 11) is 0. The van der Waals surface area contributed by atoms with Gasteiger partial charge in [-0.1, -0.05) is 30.3 Å². The molecule has 110 valence electrons. The fourth-order valence-corrected chi connectivity index (χ4v) is 3.11. The number of pyridine rings is 1. The Morgan fingerprint density at radius 1 is 0.955 bits per heavy atom. The van der Waals surface area contributed by atoms with Crippen LogP contribution < -0.4 is 9.80 Å². The van der Waals surface area contributed by atoms with Crippen molar-refractivity contribution in [2.45, 2.75) is 19.9 Å². The second-order valence-corrected chi connectivity index (χ2v) is 6.01. The molecule has 0 atom stereocenters. The lowest BCUT2D eigenvalue weighted by atomic mass is 10.1. The molecule has 1 aliphatic rings. The van der Waals surface area contributed by atoms with Gasteiger partial charge in [-0.25, -0.2) is 4.98 Å². The van der Waals surface area contributed by atoms with E-state index in [-0.39, 0.29) is 0 Å². The van der Waals surface area contributed by atoms with E-state index in [1.54, 1.807) is 0 Å². The van der Waals surface area contributed by atoms with E-state index in [0.29, 0.717) is 6.04 Å². The summed E-state index contributed by atoms with van der Waals surface area (Å²) in [6.45, 7) is 5.30. The van der Waals surface area contributed by atoms with Gasteiger partial charge in [0.15, 0.2) is 5.82 Å². The minimum Gasteiger partial charge on any atom is -0.348 e. The lowest BCUT2D eigenvalue weighted by molar-refractivity contribution is 0.709. The summed E-state index contributed by atoms with van der Waals surface area (Å²) in [6.07, 6.45) is 1.87. The van der Waals surface area contributed by atoms with Crippen LogP contribution in [0.5, 0.6) is 0 Å². The van der Waals surface area contributed by atoms with Gasteiger partial charge < -0.3 is 9.80 Å². The first-order valence-electron chi connectivity index (χ1n) is 7.72. The fraction of sp³-hybridized carbons (Fsp3) is 0.211. The second kappa shape index (κ2) is 5.02. The molecule has 2 aromatic carbocycles. The quantitative estimate of drug-likeness (QED) is 0.689. The highest BCUT2D eigenvalue weighted by Crippen LogP contribution is 2.40. The van der Waals surface area contributed by atoms with Gasteiger partial charge in [-0.15, -0.1) is 0 Å². The highest BCUT2D eigenvalue weighted by atomic mass is 15.4. The van der Waals surface area contributed by atoms with Crippen LogP contribution in [0.3, 0.4) is 0 Å². The summed E-state index contributed by atoms with van der Waals surface area (Å²) in [6, 6.07) is 19.7. The molecule has 0 fully saturated rings. The molecule has 0 saturated carbocycles. The molecule has 0 amide bonds. The van der Waals surface area contributed by atoms with Crippen LogP contribution in [-0.2, 0) is 0 Å². The van der Waals surface area contributed by atoms with Gasteiger partial charge in [0.25, 0.3) is 0 Å². The van der Waals surface area contributed by atoms with Crippen molar-refractivity contribution in [2.24, 2.45) is 0 Å². The number of hydrogen-bond donors (Lipinski definition) is 0. The van der Waals surface area contributed by atoms with Crippen molar-refractivity contribution in [1.29, 1.82) is 0 Å². The van der Waals surface area contributed by atoms with Gasteiger partial charge >= 0.3 is 0 Å². The number of aromatic nitrogens is 1. The summed E-state index contributed by atoms with van der Waals surface area (Å²) in [5.74, 6) is 1.05. The first kappa shape index (κ1) is 13.1. The zero-order valence-electron chi connectivity index (χ0n) is 12.9. The standard InChI is InChI=1S/C19H19N3/c1-14(2)21-13-22(19-18(21)8-5-11-20-19)17-10-9-15-6-3-4-7-16(15)12-17/h3-12,14H,13H2,1-2H3. The maximum atomic E-state index is 4.61. The monoisotopic (exact) mass is 289 g/mol. The fourth-order valence-electron chi connectivity index (χ4n) is 3.11. The Bertz CT molecular complexity index is 826. The van der Waals surface area contributed by atoms with Crippen molar-refractivity contribution in [3.05, 3.63) is 60.8 Å². The molecule has 1 aliphatic heterocycles. The van der Waals surface area contributed by atoms with E-state index in [1.807, 2.05) is 12.3 Å². The highest BCUT2D eigenvalue weighted by Gasteiger charge is 2.29. The molecule has 2 heterocycles. The van der Waals surface area contributed by atoms with E-state index < -0.39 is 0 Å². The molecule has 0 radical (unpaired) electrons. The van der Waals surface area contributed by atoms with Crippen molar-refractivity contribution in [2.75, 3.05) is 16.5 Å². The number of hydrogen-bond acceptors (Lipinski definition) is 3. The van der Waals surface area contributed by atoms with Crippen molar-refractivity contribution < 1.29 is 0 Å². The SMILES string of the molecule is CC(C)N1CN(c2ccc3ccccc3c2)c2ncccc21. The van der Waals surface area contributed by atoms with Gasteiger partial charge in [-0.2, -0.15) is 0 Å². The van der Waals surface area contributed by atoms with E-state index in [9.17, 15) is 0 Å². The van der Waals surface area contributed by atoms with Crippen molar-refractivity contribution >= 4 is 28.0 Å². The van der Waals surface area contributed by atoms with Gasteiger partial charge in [0.05, 0.1) is 12.4 Å². The summed E-state index contributed by atoms with van der Waals surface area (Å²) < 4.78 is 0. The van der Waals surface area contributed by atoms with Crippen molar-refractivity contribution in [3.8, 4) is 0 Å². The summed E-state index contributed by atoms with van der Waals surface area (Å²) in [5.41, 5.74) is 2.41. The Morgan fingerprint density at radius 3 is 2.59 bits per heavy atom. The van der Waals surface area contributed by atoms with Gasteiger partial charge in [0.1, 0.15) is 0 Å². The minimum absolute atomic E-state index is 0.452. The van der Waals surface area contributed by atoms with Crippen LogP contribution in [0.2, 0.25) is 0 Å². The molecular weight excluding hydrogens is 270 g/mol. The van der Waals surface area contributed by atoms with E-state index in [1.165, 1.54) is 22.1 Å². The number of benzene rings is 2. The maximum Gasteiger partial charge on any atom is 0.158 e. The molecule has 0 saturated heterocycles. The molecular formula is C19H19N3. The van der Waals surface area contributed by atoms with Gasteiger partial charge in [0.2, 0.25) is 0 Å². The van der Waals surface area contributed by atoms with E-state index in [4.69, 9.17) is 0 Å². The lowest BCUT2D eigenvalue weighted by Gasteiger charge is -2.24. The largest absolute Gasteiger partial charge is 0.348 e. The predicted molar refractivity (Wildman–Crippen MR) is 92.8 cm³/mol. The van der Waals surface area contributed by atoms with Crippen LogP contribution in [0.15, 0.2) is 60.8 Å². The zero-order valence-corrected chi connectivity index (χ0v) is 12.9. The molecule has 3 heteroatoms. The highest BCUT2D eigenvalue weighted by molar-refractivity contribution is 5.88. The van der Waals surface area contributed by atoms with E-state index in [2.05, 4.69) is 77.2 Å². The van der Waals surface area contributed by atoms with Crippen molar-refractivity contribution in [1.82, 2.24) is 4.98 Å². The first-order chi connectivity index (χ1) is 10.7. The third kappa shape index (κ3) is 2.01. The minimum atomic E-state index is 0.452. The molecule has 22 heavy (non-hydrogen) atoms. The van der Waals surface area contributed by atoms with Crippen LogP contribution >= 0.6 is 0 Å². The normalized spacial score (nSPS) is 14.0. The summed E-state index contributed by atoms with van der Waals surface area (Å²) in [4.78, 5) is 9.29. The topological polar surface area (TPSA) is 19.4 Å². The Kier molecular flexibility index (Phi) is 3.00. The lowest BCUT2D eigenvalue weighted by Crippen LogP contribution is -2.33. The number of fused-ring (bicyclic) bond motifs is 2. The first-order valence-corrected chi connectivity index (χ1v) is 7.72. The molecule has 0 aliphatic carbocycles. The third-order valence-electron chi connectivity index (χ3n) is 4.29. The van der Waals surface area contributed by atoms with E-state index >= 15 is 0 Å². The molecule has 3 aromatic rings. The van der Waals surface area contributed by atoms with Crippen LogP contribution in [0.25, 0.3) is 10.8 Å². The summed E-state index contributed by atoms with van der Waals surface area (Å²) >= 11 is 0. The van der Waals surface area contributed by atoms with Gasteiger partial charge in [-0.05, 0) is 48.9 Å². The smallest absolute Gasteiger partial charge is 0.158 e. The third-order valence-corrected chi connectivity index (χ3v) is 4.29. The van der Waals surface area contributed by atoms with Crippen LogP contribution in [0.1, 0.15) is 13.8 Å². The molecule has 0 spiro atoms. The number of rotatable bonds is 2. The Balaban J connectivity index is 1.81. The second-order valence-electron chi connectivity index (χ2n) is 6.01. The van der Waals surface area contributed by atoms with Crippen molar-refractivity contribution in [3.63, 3.8) is 0 Å². The molecule has 0 bridgehead atoms.